The Morgan fingerprint density at radius 1 is 0.975 bits per heavy atom. The zero-order valence-electron chi connectivity index (χ0n) is 22.5. The highest BCUT2D eigenvalue weighted by Gasteiger charge is 2.39. The van der Waals surface area contributed by atoms with E-state index in [0.717, 1.165) is 11.1 Å². The quantitative estimate of drug-likeness (QED) is 0.355. The zero-order valence-corrected chi connectivity index (χ0v) is 22.5. The maximum absolute atomic E-state index is 13.9. The molecule has 0 saturated carbocycles. The summed E-state index contributed by atoms with van der Waals surface area (Å²) in [6.45, 7) is 4.85. The first kappa shape index (κ1) is 27.2. The predicted octanol–water partition coefficient (Wildman–Crippen LogP) is 4.59. The summed E-state index contributed by atoms with van der Waals surface area (Å²) in [5.41, 5.74) is 3.23. The van der Waals surface area contributed by atoms with Crippen LogP contribution in [0.3, 0.4) is 0 Å². The van der Waals surface area contributed by atoms with Crippen molar-refractivity contribution in [3.63, 3.8) is 0 Å². The fraction of sp³-hybridized carbons (Fsp3) is 0.290. The first-order valence-corrected chi connectivity index (χ1v) is 13.1. The molecule has 1 aliphatic heterocycles. The number of carbonyl (C=O) groups is 1. The molecule has 0 aliphatic carbocycles. The summed E-state index contributed by atoms with van der Waals surface area (Å²) in [5.74, 6) is -1.01. The van der Waals surface area contributed by atoms with Gasteiger partial charge in [-0.3, -0.25) is 14.5 Å². The van der Waals surface area contributed by atoms with E-state index in [1.165, 1.54) is 34.9 Å². The number of anilines is 1. The van der Waals surface area contributed by atoms with Gasteiger partial charge in [-0.05, 0) is 47.5 Å². The highest BCUT2D eigenvalue weighted by atomic mass is 19.1. The van der Waals surface area contributed by atoms with Crippen molar-refractivity contribution in [2.45, 2.75) is 25.9 Å². The third-order valence-corrected chi connectivity index (χ3v) is 7.55. The molecular formula is C31H29F2N5O2. The van der Waals surface area contributed by atoms with E-state index in [1.807, 2.05) is 18.7 Å². The Morgan fingerprint density at radius 3 is 2.12 bits per heavy atom. The van der Waals surface area contributed by atoms with Crippen LogP contribution >= 0.6 is 0 Å². The number of ketones is 1. The van der Waals surface area contributed by atoms with Gasteiger partial charge < -0.3 is 9.47 Å². The molecule has 2 aromatic carbocycles. The number of benzene rings is 2. The summed E-state index contributed by atoms with van der Waals surface area (Å²) in [7, 11) is 1.65. The van der Waals surface area contributed by atoms with Crippen LogP contribution in [0.1, 0.15) is 36.7 Å². The number of nitrogens with zero attached hydrogens (tertiary/aromatic N) is 5. The normalized spacial score (nSPS) is 16.1. The van der Waals surface area contributed by atoms with E-state index in [4.69, 9.17) is 0 Å². The molecular weight excluding hydrogens is 512 g/mol. The minimum absolute atomic E-state index is 0.0118. The van der Waals surface area contributed by atoms with Gasteiger partial charge in [-0.2, -0.15) is 5.26 Å². The van der Waals surface area contributed by atoms with E-state index in [0.29, 0.717) is 29.8 Å². The third-order valence-electron chi connectivity index (χ3n) is 7.55. The second-order valence-electron chi connectivity index (χ2n) is 10.4. The predicted molar refractivity (Wildman–Crippen MR) is 149 cm³/mol. The number of fused-ring (bicyclic) bond motifs is 1. The van der Waals surface area contributed by atoms with E-state index >= 15 is 0 Å². The molecule has 1 fully saturated rings. The lowest BCUT2D eigenvalue weighted by atomic mass is 9.90. The number of aromatic nitrogens is 2. The molecule has 4 aromatic rings. The van der Waals surface area contributed by atoms with Crippen LogP contribution in [0.5, 0.6) is 0 Å². The van der Waals surface area contributed by atoms with Crippen LogP contribution in [0.25, 0.3) is 11.0 Å². The number of halogens is 2. The number of nitriles is 1. The third kappa shape index (κ3) is 5.10. The highest BCUT2D eigenvalue weighted by Crippen LogP contribution is 2.35. The summed E-state index contributed by atoms with van der Waals surface area (Å²) in [6.07, 6.45) is 0. The standard InChI is InChI=1S/C31H29F2N5O2/c1-19(2)31(40)27-18-37(26-16-28(39)36(3)25-13-12-24(17-34)35-29(25)26)14-15-38(27)30(20-4-8-22(32)9-5-20)21-6-10-23(33)11-7-21/h4-13,16,19,27,30H,14-15,18H2,1-3H3. The summed E-state index contributed by atoms with van der Waals surface area (Å²) >= 11 is 0. The molecule has 9 heteroatoms. The average Bonchev–Trinajstić information content (AvgIpc) is 2.96. The Hall–Kier alpha value is -4.42. The van der Waals surface area contributed by atoms with Crippen LogP contribution in [-0.2, 0) is 11.8 Å². The molecule has 40 heavy (non-hydrogen) atoms. The van der Waals surface area contributed by atoms with Crippen LogP contribution in [0.4, 0.5) is 14.5 Å². The monoisotopic (exact) mass is 541 g/mol. The fourth-order valence-corrected chi connectivity index (χ4v) is 5.44. The first-order chi connectivity index (χ1) is 19.2. The Bertz CT molecular complexity index is 1610. The lowest BCUT2D eigenvalue weighted by Crippen LogP contribution is -2.58. The molecule has 5 rings (SSSR count). The topological polar surface area (TPSA) is 82.2 Å². The molecule has 0 amide bonds. The number of hydrogen-bond donors (Lipinski definition) is 0. The summed E-state index contributed by atoms with van der Waals surface area (Å²) in [5, 5.41) is 9.45. The molecule has 0 N–H and O–H groups in total. The van der Waals surface area contributed by atoms with Gasteiger partial charge in [0.15, 0.2) is 5.78 Å². The van der Waals surface area contributed by atoms with Crippen molar-refractivity contribution < 1.29 is 13.6 Å². The average molecular weight is 542 g/mol. The molecule has 1 atom stereocenters. The Balaban J connectivity index is 1.61. The molecule has 7 nitrogen and oxygen atoms in total. The smallest absolute Gasteiger partial charge is 0.252 e. The maximum Gasteiger partial charge on any atom is 0.252 e. The molecule has 1 aliphatic rings. The summed E-state index contributed by atoms with van der Waals surface area (Å²) in [4.78, 5) is 35.2. The lowest BCUT2D eigenvalue weighted by Gasteiger charge is -2.46. The molecule has 2 aromatic heterocycles. The number of hydrogen-bond acceptors (Lipinski definition) is 6. The zero-order chi connectivity index (χ0) is 28.6. The van der Waals surface area contributed by atoms with E-state index < -0.39 is 12.1 Å². The number of piperazine rings is 1. The molecule has 3 heterocycles. The van der Waals surface area contributed by atoms with Crippen molar-refractivity contribution in [2.24, 2.45) is 13.0 Å². The molecule has 0 radical (unpaired) electrons. The minimum Gasteiger partial charge on any atom is -0.366 e. The van der Waals surface area contributed by atoms with Crippen LogP contribution in [0.15, 0.2) is 71.5 Å². The number of aryl methyl sites for hydroxylation is 1. The Labute approximate surface area is 230 Å². The van der Waals surface area contributed by atoms with Gasteiger partial charge in [-0.15, -0.1) is 0 Å². The van der Waals surface area contributed by atoms with Crippen molar-refractivity contribution in [1.82, 2.24) is 14.5 Å². The van der Waals surface area contributed by atoms with Gasteiger partial charge in [-0.1, -0.05) is 38.1 Å². The number of Topliss-reactive ketones (excluding diaryl/α,β-unsaturated/α-hetero) is 1. The second-order valence-corrected chi connectivity index (χ2v) is 10.4. The highest BCUT2D eigenvalue weighted by molar-refractivity contribution is 5.90. The van der Waals surface area contributed by atoms with Crippen LogP contribution < -0.4 is 10.5 Å². The molecule has 1 unspecified atom stereocenters. The van der Waals surface area contributed by atoms with Crippen molar-refractivity contribution in [2.75, 3.05) is 24.5 Å². The lowest BCUT2D eigenvalue weighted by molar-refractivity contribution is -0.128. The van der Waals surface area contributed by atoms with Gasteiger partial charge in [0.2, 0.25) is 0 Å². The first-order valence-electron chi connectivity index (χ1n) is 13.1. The van der Waals surface area contributed by atoms with E-state index in [-0.39, 0.29) is 41.1 Å². The van der Waals surface area contributed by atoms with Crippen molar-refractivity contribution in [3.8, 4) is 6.07 Å². The SMILES string of the molecule is CC(C)C(=O)C1CN(c2cc(=O)n(C)c3ccc(C#N)nc23)CCN1C(c1ccc(F)cc1)c1ccc(F)cc1. The molecule has 1 saturated heterocycles. The fourth-order valence-electron chi connectivity index (χ4n) is 5.44. The van der Waals surface area contributed by atoms with E-state index in [9.17, 15) is 23.6 Å². The second kappa shape index (κ2) is 11.0. The van der Waals surface area contributed by atoms with Crippen LogP contribution in [0.2, 0.25) is 0 Å². The van der Waals surface area contributed by atoms with Gasteiger partial charge in [0.25, 0.3) is 5.56 Å². The van der Waals surface area contributed by atoms with E-state index in [1.54, 1.807) is 43.4 Å². The molecule has 0 spiro atoms. The van der Waals surface area contributed by atoms with Gasteiger partial charge in [0.05, 0.1) is 23.3 Å². The van der Waals surface area contributed by atoms with Gasteiger partial charge in [-0.25, -0.2) is 13.8 Å². The summed E-state index contributed by atoms with van der Waals surface area (Å²) in [6, 6.07) is 18.1. The van der Waals surface area contributed by atoms with Gasteiger partial charge in [0, 0.05) is 38.7 Å². The largest absolute Gasteiger partial charge is 0.366 e. The Kier molecular flexibility index (Phi) is 7.46. The van der Waals surface area contributed by atoms with Crippen LogP contribution in [-0.4, -0.2) is 45.9 Å². The van der Waals surface area contributed by atoms with Crippen LogP contribution in [0, 0.1) is 28.9 Å². The molecule has 204 valence electrons. The van der Waals surface area contributed by atoms with Crippen molar-refractivity contribution in [1.29, 1.82) is 5.26 Å². The number of pyridine rings is 2. The van der Waals surface area contributed by atoms with Crippen molar-refractivity contribution in [3.05, 3.63) is 106 Å². The summed E-state index contributed by atoms with van der Waals surface area (Å²) < 4.78 is 29.2. The number of rotatable bonds is 6. The molecule has 0 bridgehead atoms. The van der Waals surface area contributed by atoms with E-state index in [2.05, 4.69) is 16.0 Å². The van der Waals surface area contributed by atoms with Gasteiger partial charge >= 0.3 is 0 Å². The maximum atomic E-state index is 13.9. The number of carbonyl (C=O) groups excluding carboxylic acids is 1. The minimum atomic E-state index is -0.591. The Morgan fingerprint density at radius 2 is 1.57 bits per heavy atom. The van der Waals surface area contributed by atoms with Crippen molar-refractivity contribution >= 4 is 22.5 Å². The van der Waals surface area contributed by atoms with Gasteiger partial charge in [0.1, 0.15) is 28.9 Å².